The van der Waals surface area contributed by atoms with E-state index in [1.54, 1.807) is 58.0 Å². The Bertz CT molecular complexity index is 2520. The maximum absolute atomic E-state index is 14.2. The summed E-state index contributed by atoms with van der Waals surface area (Å²) in [5.74, 6) is -10.2. The van der Waals surface area contributed by atoms with Gasteiger partial charge in [0.2, 0.25) is 53.2 Å². The third-order valence-corrected chi connectivity index (χ3v) is 13.0. The van der Waals surface area contributed by atoms with Crippen molar-refractivity contribution >= 4 is 71.1 Å². The largest absolute Gasteiger partial charge is 0.480 e. The van der Waals surface area contributed by atoms with Crippen molar-refractivity contribution in [1.29, 1.82) is 0 Å². The Hall–Kier alpha value is -8.45. The third kappa shape index (κ3) is 26.6. The van der Waals surface area contributed by atoms with Gasteiger partial charge in [-0.3, -0.25) is 57.9 Å². The number of carboxylic acids is 1. The van der Waals surface area contributed by atoms with Crippen LogP contribution in [0.25, 0.3) is 0 Å². The van der Waals surface area contributed by atoms with E-state index in [0.717, 1.165) is 24.3 Å². The number of imidazole rings is 1. The van der Waals surface area contributed by atoms with E-state index < -0.39 is 139 Å². The number of carbonyl (C=O) groups is 10. The van der Waals surface area contributed by atoms with Crippen LogP contribution in [-0.2, 0) is 60.8 Å². The number of hydrogen-bond acceptors (Lipinski definition) is 16. The molecule has 31 nitrogen and oxygen atoms in total. The van der Waals surface area contributed by atoms with Gasteiger partial charge < -0.3 is 96.4 Å². The molecular formula is C53H88N18O13. The van der Waals surface area contributed by atoms with Crippen molar-refractivity contribution in [2.24, 2.45) is 50.5 Å². The summed E-state index contributed by atoms with van der Waals surface area (Å²) >= 11 is 0. The van der Waals surface area contributed by atoms with E-state index in [-0.39, 0.29) is 76.0 Å². The Kier molecular flexibility index (Phi) is 31.5. The van der Waals surface area contributed by atoms with Crippen molar-refractivity contribution in [1.82, 2.24) is 57.4 Å². The standard InChI is InChI=1S/C53H88N18O13/c1-8-29(4)41(51(84)71(25-28(2)3)26-40(75)76)68-47(80)36(17-13-21-61-53(57)58)65-39(74)24-62-49(82)42(31(6)72)70-50(83)43(32(7)73)69-48(81)38(22-34-23-59-27-63-34)67-46(79)37(19-18-33-14-10-9-11-15-33)66-44(77)30(5)64-45(78)35(54)16-12-20-60-52(55)56/h9-11,14-15,23,27-32,35-38,41-43,72-73H,8,12-13,16-22,24-26,54H2,1-7H3,(H,59,63)(H,62,82)(H,64,78)(H,65,74)(H,66,77)(H,67,79)(H,68,80)(H,69,81)(H,70,83)(H,75,76)(H4,55,56,60)(H4,57,58,61)/t29?,30-,31+,32+,35-,36+,37-,38-,41-,42-,43-/m0/s1. The molecule has 1 heterocycles. The van der Waals surface area contributed by atoms with Crippen molar-refractivity contribution in [2.45, 2.75) is 160 Å². The molecule has 2 rings (SSSR count). The lowest BCUT2D eigenvalue weighted by Gasteiger charge is -2.32. The van der Waals surface area contributed by atoms with Crippen molar-refractivity contribution in [2.75, 3.05) is 32.7 Å². The normalized spacial score (nSPS) is 15.0. The molecule has 1 aromatic heterocycles. The van der Waals surface area contributed by atoms with Crippen LogP contribution in [-0.4, -0.2) is 195 Å². The van der Waals surface area contributed by atoms with Gasteiger partial charge in [0.25, 0.3) is 0 Å². The molecule has 22 N–H and O–H groups in total. The number of amides is 9. The Morgan fingerprint density at radius 3 is 1.73 bits per heavy atom. The van der Waals surface area contributed by atoms with Gasteiger partial charge in [0.1, 0.15) is 48.8 Å². The van der Waals surface area contributed by atoms with Gasteiger partial charge in [-0.2, -0.15) is 0 Å². The number of aromatic nitrogens is 2. The Labute approximate surface area is 488 Å². The number of nitrogens with zero attached hydrogens (tertiary/aromatic N) is 4. The average molecular weight is 1190 g/mol. The fourth-order valence-corrected chi connectivity index (χ4v) is 8.23. The second kappa shape index (κ2) is 36.9. The number of aryl methyl sites for hydroxylation is 1. The molecule has 9 amide bonds. The highest BCUT2D eigenvalue weighted by molar-refractivity contribution is 5.98. The summed E-state index contributed by atoms with van der Waals surface area (Å²) in [6.07, 6.45) is 0.376. The maximum Gasteiger partial charge on any atom is 0.323 e. The highest BCUT2D eigenvalue weighted by Crippen LogP contribution is 2.15. The first kappa shape index (κ1) is 71.7. The zero-order valence-electron chi connectivity index (χ0n) is 48.8. The van der Waals surface area contributed by atoms with E-state index in [9.17, 15) is 63.3 Å². The molecule has 0 saturated heterocycles. The number of guanidine groups is 2. The number of aromatic amines is 1. The molecule has 0 spiro atoms. The number of benzene rings is 1. The van der Waals surface area contributed by atoms with Gasteiger partial charge >= 0.3 is 5.97 Å². The number of nitrogens with two attached hydrogens (primary N) is 5. The minimum atomic E-state index is -1.85. The van der Waals surface area contributed by atoms with E-state index in [1.807, 2.05) is 0 Å². The van der Waals surface area contributed by atoms with E-state index in [0.29, 0.717) is 18.5 Å². The van der Waals surface area contributed by atoms with Crippen molar-refractivity contribution in [3.63, 3.8) is 0 Å². The van der Waals surface area contributed by atoms with Crippen molar-refractivity contribution < 1.29 is 63.3 Å². The molecule has 0 aliphatic heterocycles. The zero-order chi connectivity index (χ0) is 63.2. The van der Waals surface area contributed by atoms with Gasteiger partial charge in [0.15, 0.2) is 11.9 Å². The van der Waals surface area contributed by atoms with Crippen LogP contribution in [0, 0.1) is 11.8 Å². The summed E-state index contributed by atoms with van der Waals surface area (Å²) < 4.78 is 0. The first-order valence-electron chi connectivity index (χ1n) is 27.7. The number of carbonyl (C=O) groups excluding carboxylic acids is 9. The number of nitrogens with one attached hydrogen (secondary N) is 9. The molecule has 1 aromatic carbocycles. The summed E-state index contributed by atoms with van der Waals surface area (Å²) in [6.45, 7) is 9.61. The zero-order valence-corrected chi connectivity index (χ0v) is 48.8. The third-order valence-electron chi connectivity index (χ3n) is 13.0. The minimum Gasteiger partial charge on any atom is -0.480 e. The first-order chi connectivity index (χ1) is 39.5. The van der Waals surface area contributed by atoms with Gasteiger partial charge in [0.05, 0.1) is 31.1 Å². The smallest absolute Gasteiger partial charge is 0.323 e. The van der Waals surface area contributed by atoms with Crippen LogP contribution < -0.4 is 71.2 Å². The molecule has 84 heavy (non-hydrogen) atoms. The molecule has 0 saturated carbocycles. The van der Waals surface area contributed by atoms with Gasteiger partial charge in [-0.15, -0.1) is 0 Å². The van der Waals surface area contributed by atoms with Crippen LogP contribution >= 0.6 is 0 Å². The SMILES string of the molecule is CCC(C)[C@H](NC(=O)[C@@H](CCCN=C(N)N)NC(=O)CNC(=O)[C@@H](NC(=O)[C@@H](NC(=O)[C@H](Cc1cnc[nH]1)NC(=O)[C@H](CCc1ccccc1)NC(=O)[C@H](C)NC(=O)[C@@H](N)CCCN=C(N)N)[C@@H](C)O)[C@@H](C)O)C(=O)N(CC(=O)O)CC(C)C. The van der Waals surface area contributed by atoms with Gasteiger partial charge in [-0.1, -0.05) is 64.4 Å². The van der Waals surface area contributed by atoms with Gasteiger partial charge in [-0.05, 0) is 76.7 Å². The molecule has 468 valence electrons. The molecule has 0 radical (unpaired) electrons. The molecule has 11 atom stereocenters. The predicted octanol–water partition coefficient (Wildman–Crippen LogP) is -5.07. The lowest BCUT2D eigenvalue weighted by atomic mass is 9.96. The van der Waals surface area contributed by atoms with E-state index >= 15 is 0 Å². The number of aliphatic imine (C=N–C) groups is 2. The van der Waals surface area contributed by atoms with Crippen LogP contribution in [0.4, 0.5) is 0 Å². The molecule has 1 unspecified atom stereocenters. The number of hydrogen-bond donors (Lipinski definition) is 17. The number of H-pyrrole nitrogens is 1. The summed E-state index contributed by atoms with van der Waals surface area (Å²) in [4.78, 5) is 151. The number of aliphatic hydroxyl groups is 2. The number of aliphatic carboxylic acids is 1. The number of carboxylic acid groups (broad SMARTS) is 1. The monoisotopic (exact) mass is 1180 g/mol. The summed E-state index contributed by atoms with van der Waals surface area (Å²) in [5.41, 5.74) is 28.8. The Morgan fingerprint density at radius 2 is 1.18 bits per heavy atom. The van der Waals surface area contributed by atoms with Crippen LogP contribution in [0.5, 0.6) is 0 Å². The minimum absolute atomic E-state index is 0.000909. The van der Waals surface area contributed by atoms with E-state index in [2.05, 4.69) is 62.5 Å². The van der Waals surface area contributed by atoms with Crippen LogP contribution in [0.1, 0.15) is 98.2 Å². The van der Waals surface area contributed by atoms with Crippen molar-refractivity contribution in [3.05, 3.63) is 54.1 Å². The molecule has 2 aromatic rings. The van der Waals surface area contributed by atoms with Crippen LogP contribution in [0.2, 0.25) is 0 Å². The Balaban J connectivity index is 2.33. The fourth-order valence-electron chi connectivity index (χ4n) is 8.23. The van der Waals surface area contributed by atoms with Crippen LogP contribution in [0.15, 0.2) is 52.8 Å². The number of rotatable bonds is 38. The first-order valence-corrected chi connectivity index (χ1v) is 27.7. The molecule has 0 aliphatic carbocycles. The highest BCUT2D eigenvalue weighted by atomic mass is 16.4. The summed E-state index contributed by atoms with van der Waals surface area (Å²) in [6, 6.07) is -2.30. The highest BCUT2D eigenvalue weighted by Gasteiger charge is 2.37. The second-order valence-corrected chi connectivity index (χ2v) is 20.8. The quantitative estimate of drug-likeness (QED) is 0.0170. The topological polar surface area (TPSA) is 514 Å². The predicted molar refractivity (Wildman–Crippen MR) is 309 cm³/mol. The molecule has 0 bridgehead atoms. The van der Waals surface area contributed by atoms with Gasteiger partial charge in [0, 0.05) is 37.9 Å². The van der Waals surface area contributed by atoms with E-state index in [1.165, 1.54) is 19.4 Å². The van der Waals surface area contributed by atoms with Gasteiger partial charge in [-0.25, -0.2) is 4.98 Å². The van der Waals surface area contributed by atoms with Crippen molar-refractivity contribution in [3.8, 4) is 0 Å². The summed E-state index contributed by atoms with van der Waals surface area (Å²) in [7, 11) is 0. The maximum atomic E-state index is 14.2. The molecular weight excluding hydrogens is 1100 g/mol. The molecule has 0 aliphatic rings. The lowest BCUT2D eigenvalue weighted by Crippen LogP contribution is -2.62. The number of aliphatic hydroxyl groups excluding tert-OH is 2. The lowest BCUT2D eigenvalue weighted by molar-refractivity contribution is -0.147. The second-order valence-electron chi connectivity index (χ2n) is 20.8. The van der Waals surface area contributed by atoms with Crippen LogP contribution in [0.3, 0.4) is 0 Å². The molecule has 31 heteroatoms. The summed E-state index contributed by atoms with van der Waals surface area (Å²) in [5, 5.41) is 51.1. The Morgan fingerprint density at radius 1 is 0.643 bits per heavy atom. The fraction of sp³-hybridized carbons (Fsp3) is 0.604. The average Bonchev–Trinajstić information content (AvgIpc) is 4.01. The van der Waals surface area contributed by atoms with E-state index in [4.69, 9.17) is 28.7 Å². The molecule has 0 fully saturated rings.